The van der Waals surface area contributed by atoms with Crippen LogP contribution in [0.25, 0.3) is 0 Å². The molecule has 44 heavy (non-hydrogen) atoms. The molecule has 0 spiro atoms. The van der Waals surface area contributed by atoms with Crippen LogP contribution in [-0.4, -0.2) is 50.5 Å². The predicted octanol–water partition coefficient (Wildman–Crippen LogP) is 5.51. The third-order valence-corrected chi connectivity index (χ3v) is 7.90. The first-order valence-electron chi connectivity index (χ1n) is 14.5. The Bertz CT molecular complexity index is 1610. The second kappa shape index (κ2) is 11.9. The highest BCUT2D eigenvalue weighted by Crippen LogP contribution is 2.49. The predicted molar refractivity (Wildman–Crippen MR) is 156 cm³/mol. The number of rotatable bonds is 5. The van der Waals surface area contributed by atoms with E-state index in [-0.39, 0.29) is 24.3 Å². The molecule has 0 atom stereocenters. The van der Waals surface area contributed by atoms with E-state index >= 15 is 0 Å². The Balaban J connectivity index is 1.31. The van der Waals surface area contributed by atoms with Crippen LogP contribution in [0.5, 0.6) is 0 Å². The molecule has 2 aliphatic rings. The number of piperidine rings is 1. The third-order valence-electron chi connectivity index (χ3n) is 7.90. The summed E-state index contributed by atoms with van der Waals surface area (Å²) in [5.41, 5.74) is 5.45. The van der Waals surface area contributed by atoms with Gasteiger partial charge < -0.3 is 15.4 Å². The van der Waals surface area contributed by atoms with E-state index in [1.54, 1.807) is 35.4 Å². The van der Waals surface area contributed by atoms with Crippen LogP contribution >= 0.6 is 0 Å². The number of carbonyl (C=O) groups excluding carboxylic acids is 2. The van der Waals surface area contributed by atoms with Crippen LogP contribution < -0.4 is 5.73 Å². The Morgan fingerprint density at radius 2 is 1.73 bits per heavy atom. The van der Waals surface area contributed by atoms with E-state index in [9.17, 15) is 22.8 Å². The minimum atomic E-state index is -4.70. The summed E-state index contributed by atoms with van der Waals surface area (Å²) in [6.45, 7) is 6.65. The fourth-order valence-corrected chi connectivity index (χ4v) is 5.36. The largest absolute Gasteiger partial charge is 0.444 e. The summed E-state index contributed by atoms with van der Waals surface area (Å²) in [7, 11) is 0. The van der Waals surface area contributed by atoms with Crippen molar-refractivity contribution in [2.24, 2.45) is 5.73 Å². The van der Waals surface area contributed by atoms with E-state index in [2.05, 4.69) is 26.8 Å². The SMILES string of the molecule is CC(C)(C)OC(=O)N1CCC(c2ccc(Cc3ncc(C(F)(F)F)c(C#Cc4ccccc4C4(C(N)=O)CC4)n3)cn2)CC1. The summed E-state index contributed by atoms with van der Waals surface area (Å²) in [4.78, 5) is 38.9. The minimum absolute atomic E-state index is 0.165. The highest BCUT2D eigenvalue weighted by Gasteiger charge is 2.51. The molecule has 3 heterocycles. The molecule has 5 rings (SSSR count). The molecular formula is C33H34F3N5O3. The second-order valence-electron chi connectivity index (χ2n) is 12.3. The van der Waals surface area contributed by atoms with Crippen LogP contribution in [0.15, 0.2) is 48.8 Å². The van der Waals surface area contributed by atoms with Gasteiger partial charge in [-0.05, 0) is 75.6 Å². The van der Waals surface area contributed by atoms with Crippen molar-refractivity contribution in [3.63, 3.8) is 0 Å². The molecule has 230 valence electrons. The van der Waals surface area contributed by atoms with Crippen molar-refractivity contribution in [1.82, 2.24) is 19.9 Å². The molecule has 1 saturated carbocycles. The van der Waals surface area contributed by atoms with Crippen molar-refractivity contribution in [3.05, 3.63) is 88.3 Å². The summed E-state index contributed by atoms with van der Waals surface area (Å²) in [5.74, 6) is 5.28. The average Bonchev–Trinajstić information content (AvgIpc) is 3.78. The third kappa shape index (κ3) is 7.01. The normalized spacial score (nSPS) is 16.5. The Labute approximate surface area is 254 Å². The quantitative estimate of drug-likeness (QED) is 0.384. The number of carbonyl (C=O) groups is 2. The number of alkyl halides is 3. The lowest BCUT2D eigenvalue weighted by atomic mass is 9.91. The zero-order valence-electron chi connectivity index (χ0n) is 24.9. The van der Waals surface area contributed by atoms with Crippen LogP contribution in [0.1, 0.15) is 91.8 Å². The van der Waals surface area contributed by atoms with Gasteiger partial charge in [-0.25, -0.2) is 14.8 Å². The van der Waals surface area contributed by atoms with E-state index in [0.29, 0.717) is 37.1 Å². The summed E-state index contributed by atoms with van der Waals surface area (Å²) in [6.07, 6.45) is 0.227. The van der Waals surface area contributed by atoms with Gasteiger partial charge in [0.25, 0.3) is 0 Å². The van der Waals surface area contributed by atoms with Crippen molar-refractivity contribution >= 4 is 12.0 Å². The van der Waals surface area contributed by atoms with Crippen molar-refractivity contribution in [2.45, 2.75) is 76.0 Å². The molecule has 8 nitrogen and oxygen atoms in total. The highest BCUT2D eigenvalue weighted by atomic mass is 19.4. The van der Waals surface area contributed by atoms with E-state index in [1.165, 1.54) is 0 Å². The zero-order valence-corrected chi connectivity index (χ0v) is 24.9. The number of hydrogen-bond acceptors (Lipinski definition) is 6. The van der Waals surface area contributed by atoms with Gasteiger partial charge in [0.15, 0.2) is 0 Å². The van der Waals surface area contributed by atoms with Gasteiger partial charge in [0, 0.05) is 49.1 Å². The number of pyridine rings is 1. The Kier molecular flexibility index (Phi) is 8.38. The van der Waals surface area contributed by atoms with Crippen molar-refractivity contribution in [2.75, 3.05) is 13.1 Å². The number of hydrogen-bond donors (Lipinski definition) is 1. The smallest absolute Gasteiger partial charge is 0.420 e. The van der Waals surface area contributed by atoms with Crippen molar-refractivity contribution in [3.8, 4) is 11.8 Å². The van der Waals surface area contributed by atoms with Gasteiger partial charge in [-0.2, -0.15) is 13.2 Å². The lowest BCUT2D eigenvalue weighted by Crippen LogP contribution is -2.41. The molecule has 0 unspecified atom stereocenters. The summed E-state index contributed by atoms with van der Waals surface area (Å²) in [5, 5.41) is 0. The van der Waals surface area contributed by atoms with Crippen LogP contribution in [0, 0.1) is 11.8 Å². The molecule has 2 amide bonds. The maximum absolute atomic E-state index is 13.8. The van der Waals surface area contributed by atoms with Crippen molar-refractivity contribution in [1.29, 1.82) is 0 Å². The lowest BCUT2D eigenvalue weighted by molar-refractivity contribution is -0.138. The fraction of sp³-hybridized carbons (Fsp3) is 0.424. The van der Waals surface area contributed by atoms with E-state index in [0.717, 1.165) is 30.3 Å². The summed E-state index contributed by atoms with van der Waals surface area (Å²) in [6, 6.07) is 10.6. The van der Waals surface area contributed by atoms with Gasteiger partial charge in [-0.3, -0.25) is 9.78 Å². The monoisotopic (exact) mass is 605 g/mol. The fourth-order valence-electron chi connectivity index (χ4n) is 5.36. The number of likely N-dealkylation sites (tertiary alicyclic amines) is 1. The van der Waals surface area contributed by atoms with E-state index in [1.807, 2.05) is 32.9 Å². The van der Waals surface area contributed by atoms with Crippen LogP contribution in [0.3, 0.4) is 0 Å². The summed E-state index contributed by atoms with van der Waals surface area (Å²) >= 11 is 0. The molecule has 2 fully saturated rings. The van der Waals surface area contributed by atoms with Gasteiger partial charge in [0.2, 0.25) is 5.91 Å². The standard InChI is InChI=1S/C33H34F3N5O3/c1-31(2,3)44-30(43)41-16-12-23(13-17-41)26-10-8-21(19-38-26)18-28-39-20-25(33(34,35)36)27(40-28)11-9-22-6-4-5-7-24(22)32(14-15-32)29(37)42/h4-8,10,19-20,23H,12-18H2,1-3H3,(H2,37,42). The Hall–Kier alpha value is -4.46. The highest BCUT2D eigenvalue weighted by molar-refractivity contribution is 5.90. The molecule has 2 N–H and O–H groups in total. The van der Waals surface area contributed by atoms with Crippen molar-refractivity contribution < 1.29 is 27.5 Å². The number of ether oxygens (including phenoxy) is 1. The molecule has 1 aliphatic heterocycles. The number of halogens is 3. The molecule has 3 aromatic rings. The molecule has 11 heteroatoms. The number of nitrogens with zero attached hydrogens (tertiary/aromatic N) is 4. The van der Waals surface area contributed by atoms with Gasteiger partial charge in [0.05, 0.1) is 5.41 Å². The van der Waals surface area contributed by atoms with Crippen LogP contribution in [-0.2, 0) is 27.5 Å². The van der Waals surface area contributed by atoms with E-state index in [4.69, 9.17) is 10.5 Å². The first kappa shape index (κ1) is 31.0. The zero-order chi connectivity index (χ0) is 31.7. The first-order chi connectivity index (χ1) is 20.7. The van der Waals surface area contributed by atoms with Gasteiger partial charge >= 0.3 is 12.3 Å². The minimum Gasteiger partial charge on any atom is -0.444 e. The maximum Gasteiger partial charge on any atom is 0.420 e. The molecule has 0 bridgehead atoms. The number of primary amides is 1. The topological polar surface area (TPSA) is 111 Å². The Morgan fingerprint density at radius 1 is 1.02 bits per heavy atom. The summed E-state index contributed by atoms with van der Waals surface area (Å²) < 4.78 is 47.0. The maximum atomic E-state index is 13.8. The van der Waals surface area contributed by atoms with Crippen LogP contribution in [0.2, 0.25) is 0 Å². The van der Waals surface area contributed by atoms with Gasteiger partial charge in [0.1, 0.15) is 22.7 Å². The number of benzene rings is 1. The lowest BCUT2D eigenvalue weighted by Gasteiger charge is -2.33. The molecule has 1 saturated heterocycles. The second-order valence-corrected chi connectivity index (χ2v) is 12.3. The Morgan fingerprint density at radius 3 is 2.32 bits per heavy atom. The first-order valence-corrected chi connectivity index (χ1v) is 14.5. The molecule has 0 radical (unpaired) electrons. The number of nitrogens with two attached hydrogens (primary N) is 1. The molecule has 1 aromatic carbocycles. The number of amides is 2. The molecule has 1 aliphatic carbocycles. The van der Waals surface area contributed by atoms with Gasteiger partial charge in [-0.1, -0.05) is 30.2 Å². The van der Waals surface area contributed by atoms with E-state index < -0.39 is 34.4 Å². The number of aromatic nitrogens is 3. The van der Waals surface area contributed by atoms with Crippen LogP contribution in [0.4, 0.5) is 18.0 Å². The average molecular weight is 606 g/mol. The molecule has 2 aromatic heterocycles. The van der Waals surface area contributed by atoms with Gasteiger partial charge in [-0.15, -0.1) is 0 Å². The molecular weight excluding hydrogens is 571 g/mol.